The van der Waals surface area contributed by atoms with Crippen LogP contribution in [0.25, 0.3) is 0 Å². The molecule has 0 saturated carbocycles. The molecule has 0 bridgehead atoms. The SMILES string of the molecule is CCOC(=O)[C@H](OC(=O)c1ccc(O)cc1)[C@@H](OC(=O)c1ccc(O)cc1)C(=O)OCC. The zero-order valence-electron chi connectivity index (χ0n) is 17.3. The number of benzene rings is 2. The minimum absolute atomic E-state index is 0.0374. The van der Waals surface area contributed by atoms with E-state index in [1.807, 2.05) is 0 Å². The Hall–Kier alpha value is -4.08. The van der Waals surface area contributed by atoms with Crippen molar-refractivity contribution in [1.82, 2.24) is 0 Å². The molecule has 0 amide bonds. The Labute approximate surface area is 183 Å². The summed E-state index contributed by atoms with van der Waals surface area (Å²) in [5.41, 5.74) is -0.0749. The van der Waals surface area contributed by atoms with E-state index in [4.69, 9.17) is 18.9 Å². The van der Waals surface area contributed by atoms with Crippen molar-refractivity contribution in [2.75, 3.05) is 13.2 Å². The van der Waals surface area contributed by atoms with Crippen LogP contribution in [0.4, 0.5) is 0 Å². The number of phenolic OH excluding ortho intramolecular Hbond substituents is 2. The number of rotatable bonds is 9. The van der Waals surface area contributed by atoms with Gasteiger partial charge in [0.25, 0.3) is 0 Å². The van der Waals surface area contributed by atoms with Crippen LogP contribution in [0.3, 0.4) is 0 Å². The van der Waals surface area contributed by atoms with Crippen LogP contribution in [-0.2, 0) is 28.5 Å². The van der Waals surface area contributed by atoms with E-state index in [2.05, 4.69) is 0 Å². The monoisotopic (exact) mass is 446 g/mol. The first-order chi connectivity index (χ1) is 15.3. The van der Waals surface area contributed by atoms with E-state index in [1.165, 1.54) is 62.4 Å². The number of hydrogen-bond donors (Lipinski definition) is 2. The predicted molar refractivity (Wildman–Crippen MR) is 108 cm³/mol. The molecule has 2 rings (SSSR count). The number of carbonyl (C=O) groups excluding carboxylic acids is 4. The Morgan fingerprint density at radius 1 is 0.656 bits per heavy atom. The van der Waals surface area contributed by atoms with Crippen molar-refractivity contribution in [3.63, 3.8) is 0 Å². The summed E-state index contributed by atoms with van der Waals surface area (Å²) in [6.07, 6.45) is -3.92. The Balaban J connectivity index is 2.35. The van der Waals surface area contributed by atoms with E-state index in [9.17, 15) is 29.4 Å². The van der Waals surface area contributed by atoms with E-state index in [0.29, 0.717) is 0 Å². The van der Waals surface area contributed by atoms with Gasteiger partial charge in [-0.15, -0.1) is 0 Å². The molecule has 0 heterocycles. The molecule has 0 unspecified atom stereocenters. The first-order valence-electron chi connectivity index (χ1n) is 9.60. The lowest BCUT2D eigenvalue weighted by Gasteiger charge is -2.24. The number of carbonyl (C=O) groups is 4. The van der Waals surface area contributed by atoms with Gasteiger partial charge < -0.3 is 29.2 Å². The number of ether oxygens (including phenoxy) is 4. The van der Waals surface area contributed by atoms with Crippen LogP contribution in [0.15, 0.2) is 48.5 Å². The molecule has 0 aromatic heterocycles. The quantitative estimate of drug-likeness (QED) is 0.433. The molecular weight excluding hydrogens is 424 g/mol. The third kappa shape index (κ3) is 6.46. The average Bonchev–Trinajstić information content (AvgIpc) is 2.77. The van der Waals surface area contributed by atoms with Gasteiger partial charge in [0, 0.05) is 0 Å². The van der Waals surface area contributed by atoms with Gasteiger partial charge in [0.1, 0.15) is 11.5 Å². The molecule has 10 heteroatoms. The van der Waals surface area contributed by atoms with Crippen molar-refractivity contribution >= 4 is 23.9 Å². The van der Waals surface area contributed by atoms with Crippen LogP contribution < -0.4 is 0 Å². The summed E-state index contributed by atoms with van der Waals surface area (Å²) in [5, 5.41) is 18.7. The maximum atomic E-state index is 12.5. The Morgan fingerprint density at radius 2 is 0.969 bits per heavy atom. The molecule has 0 radical (unpaired) electrons. The Morgan fingerprint density at radius 3 is 1.25 bits per heavy atom. The molecule has 2 N–H and O–H groups in total. The van der Waals surface area contributed by atoms with Gasteiger partial charge in [-0.1, -0.05) is 0 Å². The number of phenols is 2. The van der Waals surface area contributed by atoms with Gasteiger partial charge in [-0.3, -0.25) is 0 Å². The van der Waals surface area contributed by atoms with Gasteiger partial charge in [-0.05, 0) is 62.4 Å². The van der Waals surface area contributed by atoms with E-state index in [-0.39, 0.29) is 35.8 Å². The molecule has 0 aliphatic rings. The van der Waals surface area contributed by atoms with Crippen molar-refractivity contribution in [2.45, 2.75) is 26.1 Å². The van der Waals surface area contributed by atoms with Crippen LogP contribution in [0.1, 0.15) is 34.6 Å². The second-order valence-electron chi connectivity index (χ2n) is 6.25. The summed E-state index contributed by atoms with van der Waals surface area (Å²) < 4.78 is 20.1. The van der Waals surface area contributed by atoms with Gasteiger partial charge in [-0.2, -0.15) is 0 Å². The highest BCUT2D eigenvalue weighted by Gasteiger charge is 2.43. The van der Waals surface area contributed by atoms with Gasteiger partial charge in [0.2, 0.25) is 12.2 Å². The molecule has 0 spiro atoms. The molecule has 32 heavy (non-hydrogen) atoms. The van der Waals surface area contributed by atoms with Crippen molar-refractivity contribution in [3.8, 4) is 11.5 Å². The molecular formula is C22H22O10. The molecule has 0 saturated heterocycles. The molecule has 170 valence electrons. The standard InChI is InChI=1S/C22H22O10/c1-3-29-21(27)17(31-19(25)13-5-9-15(23)10-6-13)18(22(28)30-4-2)32-20(26)14-7-11-16(24)12-8-14/h5-12,17-18,23-24H,3-4H2,1-2H3/t17-,18-/m1/s1. The second-order valence-corrected chi connectivity index (χ2v) is 6.25. The van der Waals surface area contributed by atoms with Gasteiger partial charge >= 0.3 is 23.9 Å². The number of hydrogen-bond acceptors (Lipinski definition) is 10. The fourth-order valence-corrected chi connectivity index (χ4v) is 2.48. The molecule has 2 aromatic rings. The van der Waals surface area contributed by atoms with Gasteiger partial charge in [0.05, 0.1) is 24.3 Å². The van der Waals surface area contributed by atoms with Crippen LogP contribution in [0.5, 0.6) is 11.5 Å². The van der Waals surface area contributed by atoms with E-state index >= 15 is 0 Å². The van der Waals surface area contributed by atoms with E-state index < -0.39 is 36.1 Å². The smallest absolute Gasteiger partial charge is 0.352 e. The first kappa shape index (κ1) is 24.2. The van der Waals surface area contributed by atoms with Crippen molar-refractivity contribution in [2.24, 2.45) is 0 Å². The fraction of sp³-hybridized carbons (Fsp3) is 0.273. The van der Waals surface area contributed by atoms with Gasteiger partial charge in [0.15, 0.2) is 0 Å². The third-order valence-electron chi connectivity index (χ3n) is 3.99. The molecule has 0 aliphatic heterocycles. The topological polar surface area (TPSA) is 146 Å². The molecule has 10 nitrogen and oxygen atoms in total. The summed E-state index contributed by atoms with van der Waals surface area (Å²) in [6.45, 7) is 2.79. The fourth-order valence-electron chi connectivity index (χ4n) is 2.48. The Bertz CT molecular complexity index is 870. The van der Waals surface area contributed by atoms with E-state index in [0.717, 1.165) is 0 Å². The first-order valence-corrected chi connectivity index (χ1v) is 9.60. The maximum Gasteiger partial charge on any atom is 0.352 e. The average molecular weight is 446 g/mol. The normalized spacial score (nSPS) is 12.2. The highest BCUT2D eigenvalue weighted by Crippen LogP contribution is 2.18. The van der Waals surface area contributed by atoms with E-state index in [1.54, 1.807) is 0 Å². The summed E-state index contributed by atoms with van der Waals surface area (Å²) in [5.74, 6) is -4.52. The summed E-state index contributed by atoms with van der Waals surface area (Å²) in [4.78, 5) is 50.1. The zero-order chi connectivity index (χ0) is 23.7. The lowest BCUT2D eigenvalue weighted by molar-refractivity contribution is -0.173. The minimum Gasteiger partial charge on any atom is -0.508 e. The minimum atomic E-state index is -1.96. The van der Waals surface area contributed by atoms with Crippen LogP contribution in [-0.4, -0.2) is 59.5 Å². The number of aromatic hydroxyl groups is 2. The number of esters is 4. The summed E-state index contributed by atoms with van der Waals surface area (Å²) in [6, 6.07) is 9.85. The maximum absolute atomic E-state index is 12.5. The largest absolute Gasteiger partial charge is 0.508 e. The highest BCUT2D eigenvalue weighted by atomic mass is 16.6. The van der Waals surface area contributed by atoms with Crippen LogP contribution in [0.2, 0.25) is 0 Å². The third-order valence-corrected chi connectivity index (χ3v) is 3.99. The Kier molecular flexibility index (Phi) is 8.58. The zero-order valence-corrected chi connectivity index (χ0v) is 17.3. The summed E-state index contributed by atoms with van der Waals surface area (Å²) >= 11 is 0. The summed E-state index contributed by atoms with van der Waals surface area (Å²) in [7, 11) is 0. The molecule has 0 aliphatic carbocycles. The molecule has 0 fully saturated rings. The van der Waals surface area contributed by atoms with Gasteiger partial charge in [-0.25, -0.2) is 19.2 Å². The lowest BCUT2D eigenvalue weighted by Crippen LogP contribution is -2.47. The predicted octanol–water partition coefficient (Wildman–Crippen LogP) is 1.97. The van der Waals surface area contributed by atoms with Crippen LogP contribution in [0, 0.1) is 0 Å². The molecule has 2 atom stereocenters. The molecule has 2 aromatic carbocycles. The lowest BCUT2D eigenvalue weighted by atomic mass is 10.1. The second kappa shape index (κ2) is 11.3. The van der Waals surface area contributed by atoms with Crippen molar-refractivity contribution in [3.05, 3.63) is 59.7 Å². The van der Waals surface area contributed by atoms with Crippen LogP contribution >= 0.6 is 0 Å². The van der Waals surface area contributed by atoms with Crippen molar-refractivity contribution < 1.29 is 48.3 Å². The van der Waals surface area contributed by atoms with Crippen molar-refractivity contribution in [1.29, 1.82) is 0 Å². The highest BCUT2D eigenvalue weighted by molar-refractivity contribution is 5.96.